The topological polar surface area (TPSA) is 51.0 Å². The number of likely N-dealkylation sites (N-methyl/N-ethyl adjacent to an activating group) is 1. The molecule has 0 aliphatic carbocycles. The number of aromatic nitrogens is 3. The van der Waals surface area contributed by atoms with Gasteiger partial charge in [0.15, 0.2) is 0 Å². The van der Waals surface area contributed by atoms with Crippen LogP contribution in [0, 0.1) is 0 Å². The molecule has 0 aliphatic rings. The summed E-state index contributed by atoms with van der Waals surface area (Å²) >= 11 is 0. The molecule has 0 amide bonds. The van der Waals surface area contributed by atoms with E-state index in [4.69, 9.17) is 0 Å². The SMILES string of the molecule is CCN(CC)C(C)(C)C(=O)c1cnnn1C. The number of ketones is 1. The van der Waals surface area contributed by atoms with Gasteiger partial charge in [-0.2, -0.15) is 0 Å². The zero-order chi connectivity index (χ0) is 12.3. The van der Waals surface area contributed by atoms with Gasteiger partial charge in [-0.05, 0) is 26.9 Å². The van der Waals surface area contributed by atoms with E-state index in [-0.39, 0.29) is 5.78 Å². The van der Waals surface area contributed by atoms with Crippen LogP contribution in [0.1, 0.15) is 38.2 Å². The highest BCUT2D eigenvalue weighted by Gasteiger charge is 2.35. The Hall–Kier alpha value is -1.23. The Balaban J connectivity index is 3.00. The quantitative estimate of drug-likeness (QED) is 0.703. The molecule has 16 heavy (non-hydrogen) atoms. The second-order valence-corrected chi connectivity index (χ2v) is 4.30. The molecule has 1 aromatic rings. The molecule has 0 saturated heterocycles. The van der Waals surface area contributed by atoms with Gasteiger partial charge in [-0.1, -0.05) is 19.1 Å². The standard InChI is InChI=1S/C11H20N4O/c1-6-15(7-2)11(3,4)10(16)9-8-12-13-14(9)5/h8H,6-7H2,1-5H3. The highest BCUT2D eigenvalue weighted by molar-refractivity contribution is 6.01. The van der Waals surface area contributed by atoms with Crippen molar-refractivity contribution in [2.75, 3.05) is 13.1 Å². The Morgan fingerprint density at radius 2 is 2.00 bits per heavy atom. The van der Waals surface area contributed by atoms with Crippen LogP contribution in [0.3, 0.4) is 0 Å². The fraction of sp³-hybridized carbons (Fsp3) is 0.727. The van der Waals surface area contributed by atoms with Crippen molar-refractivity contribution in [3.05, 3.63) is 11.9 Å². The van der Waals surface area contributed by atoms with Gasteiger partial charge in [-0.25, -0.2) is 4.68 Å². The molecule has 0 unspecified atom stereocenters. The van der Waals surface area contributed by atoms with Gasteiger partial charge in [0.2, 0.25) is 5.78 Å². The molecule has 1 aromatic heterocycles. The van der Waals surface area contributed by atoms with Crippen LogP contribution in [-0.4, -0.2) is 44.3 Å². The van der Waals surface area contributed by atoms with Crippen LogP contribution >= 0.6 is 0 Å². The molecular formula is C11H20N4O. The van der Waals surface area contributed by atoms with E-state index in [1.165, 1.54) is 10.9 Å². The summed E-state index contributed by atoms with van der Waals surface area (Å²) in [6, 6.07) is 0. The van der Waals surface area contributed by atoms with Crippen LogP contribution < -0.4 is 0 Å². The van der Waals surface area contributed by atoms with Gasteiger partial charge in [0.05, 0.1) is 11.7 Å². The van der Waals surface area contributed by atoms with E-state index in [9.17, 15) is 4.79 Å². The molecular weight excluding hydrogens is 204 g/mol. The second-order valence-electron chi connectivity index (χ2n) is 4.30. The van der Waals surface area contributed by atoms with Crippen LogP contribution in [-0.2, 0) is 7.05 Å². The van der Waals surface area contributed by atoms with Gasteiger partial charge >= 0.3 is 0 Å². The summed E-state index contributed by atoms with van der Waals surface area (Å²) in [5, 5.41) is 7.53. The number of carbonyl (C=O) groups excluding carboxylic acids is 1. The molecule has 90 valence electrons. The highest BCUT2D eigenvalue weighted by Crippen LogP contribution is 2.19. The van der Waals surface area contributed by atoms with Crippen molar-refractivity contribution in [1.29, 1.82) is 0 Å². The van der Waals surface area contributed by atoms with Gasteiger partial charge in [-0.15, -0.1) is 5.10 Å². The Morgan fingerprint density at radius 1 is 1.44 bits per heavy atom. The molecule has 0 bridgehead atoms. The Morgan fingerprint density at radius 3 is 2.38 bits per heavy atom. The summed E-state index contributed by atoms with van der Waals surface area (Å²) in [5.74, 6) is 0.0590. The molecule has 5 heteroatoms. The van der Waals surface area contributed by atoms with Gasteiger partial charge in [0.1, 0.15) is 5.69 Å². The molecule has 0 radical (unpaired) electrons. The van der Waals surface area contributed by atoms with Crippen molar-refractivity contribution in [3.63, 3.8) is 0 Å². The lowest BCUT2D eigenvalue weighted by atomic mass is 9.94. The molecule has 0 fully saturated rings. The molecule has 0 atom stereocenters. The summed E-state index contributed by atoms with van der Waals surface area (Å²) in [4.78, 5) is 14.5. The van der Waals surface area contributed by atoms with Crippen LogP contribution in [0.4, 0.5) is 0 Å². The van der Waals surface area contributed by atoms with E-state index in [0.717, 1.165) is 13.1 Å². The number of carbonyl (C=O) groups is 1. The average Bonchev–Trinajstić information content (AvgIpc) is 2.64. The minimum absolute atomic E-state index is 0.0590. The predicted octanol–water partition coefficient (Wildman–Crippen LogP) is 1.12. The zero-order valence-electron chi connectivity index (χ0n) is 10.7. The van der Waals surface area contributed by atoms with Gasteiger partial charge in [0.25, 0.3) is 0 Å². The summed E-state index contributed by atoms with van der Waals surface area (Å²) in [6.45, 7) is 9.69. The van der Waals surface area contributed by atoms with Crippen molar-refractivity contribution in [3.8, 4) is 0 Å². The summed E-state index contributed by atoms with van der Waals surface area (Å²) < 4.78 is 1.52. The van der Waals surface area contributed by atoms with Gasteiger partial charge in [-0.3, -0.25) is 9.69 Å². The minimum Gasteiger partial charge on any atom is -0.292 e. The number of hydrogen-bond donors (Lipinski definition) is 0. The summed E-state index contributed by atoms with van der Waals surface area (Å²) in [5.41, 5.74) is 0.0378. The molecule has 1 heterocycles. The summed E-state index contributed by atoms with van der Waals surface area (Å²) in [7, 11) is 1.73. The van der Waals surface area contributed by atoms with Crippen molar-refractivity contribution >= 4 is 5.78 Å². The van der Waals surface area contributed by atoms with Gasteiger partial charge in [0, 0.05) is 7.05 Å². The fourth-order valence-corrected chi connectivity index (χ4v) is 1.97. The molecule has 0 spiro atoms. The summed E-state index contributed by atoms with van der Waals surface area (Å²) in [6.07, 6.45) is 1.52. The third kappa shape index (κ3) is 2.14. The van der Waals surface area contributed by atoms with E-state index in [1.807, 2.05) is 13.8 Å². The normalized spacial score (nSPS) is 12.1. The van der Waals surface area contributed by atoms with Crippen LogP contribution in [0.2, 0.25) is 0 Å². The maximum Gasteiger partial charge on any atom is 0.202 e. The molecule has 0 aliphatic heterocycles. The number of Topliss-reactive ketones (excluding diaryl/α,β-unsaturated/α-hetero) is 1. The molecule has 1 rings (SSSR count). The van der Waals surface area contributed by atoms with Crippen molar-refractivity contribution in [2.45, 2.75) is 33.2 Å². The third-order valence-corrected chi connectivity index (χ3v) is 3.06. The fourth-order valence-electron chi connectivity index (χ4n) is 1.97. The largest absolute Gasteiger partial charge is 0.292 e. The van der Waals surface area contributed by atoms with Crippen molar-refractivity contribution < 1.29 is 4.79 Å². The van der Waals surface area contributed by atoms with Crippen molar-refractivity contribution in [1.82, 2.24) is 19.9 Å². The van der Waals surface area contributed by atoms with Crippen LogP contribution in [0.15, 0.2) is 6.20 Å². The Kier molecular flexibility index (Phi) is 3.80. The predicted molar refractivity (Wildman–Crippen MR) is 62.3 cm³/mol. The van der Waals surface area contributed by atoms with E-state index >= 15 is 0 Å². The van der Waals surface area contributed by atoms with E-state index in [2.05, 4.69) is 29.1 Å². The number of aryl methyl sites for hydroxylation is 1. The number of rotatable bonds is 5. The Bertz CT molecular complexity index is 366. The maximum atomic E-state index is 12.4. The first-order valence-electron chi connectivity index (χ1n) is 5.59. The zero-order valence-corrected chi connectivity index (χ0v) is 10.7. The first kappa shape index (κ1) is 12.8. The van der Waals surface area contributed by atoms with E-state index in [1.54, 1.807) is 7.05 Å². The van der Waals surface area contributed by atoms with E-state index in [0.29, 0.717) is 5.69 Å². The second kappa shape index (κ2) is 4.74. The Labute approximate surface area is 96.4 Å². The smallest absolute Gasteiger partial charge is 0.202 e. The molecule has 0 aromatic carbocycles. The minimum atomic E-state index is -0.515. The molecule has 0 N–H and O–H groups in total. The van der Waals surface area contributed by atoms with E-state index < -0.39 is 5.54 Å². The average molecular weight is 224 g/mol. The lowest BCUT2D eigenvalue weighted by Gasteiger charge is -2.35. The highest BCUT2D eigenvalue weighted by atomic mass is 16.1. The van der Waals surface area contributed by atoms with Crippen molar-refractivity contribution in [2.24, 2.45) is 7.05 Å². The molecule has 5 nitrogen and oxygen atoms in total. The molecule has 0 saturated carbocycles. The van der Waals surface area contributed by atoms with Gasteiger partial charge < -0.3 is 0 Å². The third-order valence-electron chi connectivity index (χ3n) is 3.06. The van der Waals surface area contributed by atoms with Crippen LogP contribution in [0.25, 0.3) is 0 Å². The lowest BCUT2D eigenvalue weighted by Crippen LogP contribution is -2.50. The number of nitrogens with zero attached hydrogens (tertiary/aromatic N) is 4. The number of hydrogen-bond acceptors (Lipinski definition) is 4. The van der Waals surface area contributed by atoms with Crippen LogP contribution in [0.5, 0.6) is 0 Å². The first-order chi connectivity index (χ1) is 7.45. The maximum absolute atomic E-state index is 12.4. The first-order valence-corrected chi connectivity index (χ1v) is 5.59. The monoisotopic (exact) mass is 224 g/mol. The lowest BCUT2D eigenvalue weighted by molar-refractivity contribution is 0.0658.